The molecule has 2 saturated heterocycles. The highest BCUT2D eigenvalue weighted by Crippen LogP contribution is 2.42. The molecule has 0 aromatic carbocycles. The van der Waals surface area contributed by atoms with E-state index in [0.717, 1.165) is 45.2 Å². The van der Waals surface area contributed by atoms with Crippen LogP contribution in [0.15, 0.2) is 0 Å². The van der Waals surface area contributed by atoms with Gasteiger partial charge in [0.25, 0.3) is 0 Å². The van der Waals surface area contributed by atoms with Gasteiger partial charge in [0.1, 0.15) is 6.04 Å². The van der Waals surface area contributed by atoms with Gasteiger partial charge in [-0.3, -0.25) is 4.79 Å². The first-order valence-corrected chi connectivity index (χ1v) is 9.06. The number of rotatable bonds is 4. The number of hydrogen-bond donors (Lipinski definition) is 2. The van der Waals surface area contributed by atoms with Crippen LogP contribution < -0.4 is 5.32 Å². The minimum Gasteiger partial charge on any atom is -0.480 e. The number of amides is 1. The number of carboxylic acid groups (broad SMARTS) is 1. The number of fused-ring (bicyclic) bond motifs is 1. The maximum atomic E-state index is 12.5. The molecule has 21 heavy (non-hydrogen) atoms. The van der Waals surface area contributed by atoms with Crippen molar-refractivity contribution in [1.29, 1.82) is 0 Å². The predicted octanol–water partition coefficient (Wildman–Crippen LogP) is 1.18. The Labute approximate surface area is 129 Å². The van der Waals surface area contributed by atoms with Crippen LogP contribution in [0.4, 0.5) is 0 Å². The quantitative estimate of drug-likeness (QED) is 0.816. The lowest BCUT2D eigenvalue weighted by molar-refractivity contribution is -0.148. The molecule has 3 unspecified atom stereocenters. The minimum absolute atomic E-state index is 0.0281. The Kier molecular flexibility index (Phi) is 4.74. The second-order valence-corrected chi connectivity index (χ2v) is 7.73. The fourth-order valence-electron chi connectivity index (χ4n) is 4.11. The van der Waals surface area contributed by atoms with Crippen LogP contribution in [0.5, 0.6) is 0 Å². The van der Waals surface area contributed by atoms with E-state index >= 15 is 0 Å². The van der Waals surface area contributed by atoms with Crippen molar-refractivity contribution >= 4 is 23.6 Å². The van der Waals surface area contributed by atoms with E-state index in [1.165, 1.54) is 0 Å². The first-order valence-electron chi connectivity index (χ1n) is 8.01. The number of piperidine rings is 1. The highest BCUT2D eigenvalue weighted by Gasteiger charge is 2.49. The van der Waals surface area contributed by atoms with Gasteiger partial charge < -0.3 is 15.3 Å². The summed E-state index contributed by atoms with van der Waals surface area (Å²) in [7, 11) is 0. The smallest absolute Gasteiger partial charge is 0.326 e. The molecule has 2 aliphatic heterocycles. The molecule has 0 aromatic heterocycles. The second-order valence-electron chi connectivity index (χ2n) is 6.44. The van der Waals surface area contributed by atoms with Crippen molar-refractivity contribution in [1.82, 2.24) is 10.2 Å². The van der Waals surface area contributed by atoms with Crippen LogP contribution in [0.2, 0.25) is 0 Å². The fraction of sp³-hybridized carbons (Fsp3) is 0.867. The van der Waals surface area contributed by atoms with Crippen molar-refractivity contribution in [3.63, 3.8) is 0 Å². The van der Waals surface area contributed by atoms with Gasteiger partial charge in [-0.05, 0) is 50.6 Å². The van der Waals surface area contributed by atoms with Gasteiger partial charge in [0.2, 0.25) is 5.91 Å². The number of hydrogen-bond acceptors (Lipinski definition) is 4. The lowest BCUT2D eigenvalue weighted by atomic mass is 9.94. The van der Waals surface area contributed by atoms with Gasteiger partial charge >= 0.3 is 5.97 Å². The Morgan fingerprint density at radius 1 is 1.19 bits per heavy atom. The number of aliphatic carboxylic acids is 1. The van der Waals surface area contributed by atoms with Crippen LogP contribution in [0.3, 0.4) is 0 Å². The third kappa shape index (κ3) is 3.21. The van der Waals surface area contributed by atoms with Crippen molar-refractivity contribution in [3.05, 3.63) is 0 Å². The van der Waals surface area contributed by atoms with Crippen LogP contribution in [-0.4, -0.2) is 58.6 Å². The fourth-order valence-corrected chi connectivity index (χ4v) is 5.23. The number of likely N-dealkylation sites (tertiary alicyclic amines) is 1. The summed E-state index contributed by atoms with van der Waals surface area (Å²) < 4.78 is 0. The van der Waals surface area contributed by atoms with Crippen molar-refractivity contribution < 1.29 is 14.7 Å². The Morgan fingerprint density at radius 2 is 1.95 bits per heavy atom. The van der Waals surface area contributed by atoms with Gasteiger partial charge in [0.05, 0.1) is 5.75 Å². The minimum atomic E-state index is -0.815. The van der Waals surface area contributed by atoms with Gasteiger partial charge in [-0.25, -0.2) is 4.79 Å². The molecular weight excluding hydrogens is 288 g/mol. The third-order valence-corrected chi connectivity index (χ3v) is 6.55. The summed E-state index contributed by atoms with van der Waals surface area (Å²) in [5.41, 5.74) is 0. The van der Waals surface area contributed by atoms with E-state index in [2.05, 4.69) is 5.32 Å². The van der Waals surface area contributed by atoms with Gasteiger partial charge in [0, 0.05) is 11.8 Å². The lowest BCUT2D eigenvalue weighted by Gasteiger charge is -2.26. The van der Waals surface area contributed by atoms with E-state index < -0.39 is 12.0 Å². The highest BCUT2D eigenvalue weighted by molar-refractivity contribution is 8.00. The maximum absolute atomic E-state index is 12.5. The van der Waals surface area contributed by atoms with Gasteiger partial charge in [-0.1, -0.05) is 6.42 Å². The van der Waals surface area contributed by atoms with Crippen LogP contribution in [0, 0.1) is 11.8 Å². The van der Waals surface area contributed by atoms with Crippen molar-refractivity contribution in [2.45, 2.75) is 43.4 Å². The summed E-state index contributed by atoms with van der Waals surface area (Å²) in [4.78, 5) is 25.7. The molecule has 5 nitrogen and oxygen atoms in total. The Balaban J connectivity index is 1.57. The van der Waals surface area contributed by atoms with E-state index in [9.17, 15) is 14.7 Å². The SMILES string of the molecule is O=C(O)C1C2CCCC2CN1C(=O)CSC1CCNCC1. The van der Waals surface area contributed by atoms with E-state index in [-0.39, 0.29) is 11.8 Å². The first kappa shape index (κ1) is 15.2. The molecule has 1 saturated carbocycles. The monoisotopic (exact) mass is 312 g/mol. The molecule has 0 spiro atoms. The molecule has 3 aliphatic rings. The first-order chi connectivity index (χ1) is 10.2. The number of carbonyl (C=O) groups is 2. The normalized spacial score (nSPS) is 33.1. The number of nitrogens with zero attached hydrogens (tertiary/aromatic N) is 1. The zero-order chi connectivity index (χ0) is 14.8. The third-order valence-electron chi connectivity index (χ3n) is 5.19. The van der Waals surface area contributed by atoms with E-state index in [4.69, 9.17) is 0 Å². The molecule has 1 amide bonds. The highest BCUT2D eigenvalue weighted by atomic mass is 32.2. The summed E-state index contributed by atoms with van der Waals surface area (Å²) in [6.45, 7) is 2.71. The van der Waals surface area contributed by atoms with Crippen LogP contribution in [0.1, 0.15) is 32.1 Å². The predicted molar refractivity (Wildman–Crippen MR) is 82.3 cm³/mol. The molecule has 0 radical (unpaired) electrons. The number of carboxylic acids is 1. The Bertz CT molecular complexity index is 412. The molecule has 2 N–H and O–H groups in total. The molecule has 0 aromatic rings. The number of nitrogens with one attached hydrogen (secondary N) is 1. The van der Waals surface area contributed by atoms with Gasteiger partial charge in [-0.15, -0.1) is 11.8 Å². The van der Waals surface area contributed by atoms with Crippen molar-refractivity contribution in [3.8, 4) is 0 Å². The van der Waals surface area contributed by atoms with E-state index in [1.54, 1.807) is 16.7 Å². The molecule has 1 aliphatic carbocycles. The largest absolute Gasteiger partial charge is 0.480 e. The summed E-state index contributed by atoms with van der Waals surface area (Å²) in [5, 5.41) is 13.3. The Hall–Kier alpha value is -0.750. The topological polar surface area (TPSA) is 69.6 Å². The van der Waals surface area contributed by atoms with E-state index in [0.29, 0.717) is 23.5 Å². The van der Waals surface area contributed by atoms with Gasteiger partial charge in [0.15, 0.2) is 0 Å². The van der Waals surface area contributed by atoms with Crippen molar-refractivity contribution in [2.24, 2.45) is 11.8 Å². The molecular formula is C15H24N2O3S. The molecule has 0 bridgehead atoms. The Morgan fingerprint density at radius 3 is 2.67 bits per heavy atom. The zero-order valence-electron chi connectivity index (χ0n) is 12.3. The summed E-state index contributed by atoms with van der Waals surface area (Å²) in [6.07, 6.45) is 5.37. The van der Waals surface area contributed by atoms with Gasteiger partial charge in [-0.2, -0.15) is 0 Å². The number of carbonyl (C=O) groups excluding carboxylic acids is 1. The summed E-state index contributed by atoms with van der Waals surface area (Å²) in [6, 6.07) is -0.571. The van der Waals surface area contributed by atoms with Crippen LogP contribution >= 0.6 is 11.8 Å². The lowest BCUT2D eigenvalue weighted by Crippen LogP contribution is -2.44. The average Bonchev–Trinajstić information content (AvgIpc) is 3.05. The number of thioether (sulfide) groups is 1. The molecule has 118 valence electrons. The molecule has 3 atom stereocenters. The molecule has 2 heterocycles. The zero-order valence-corrected chi connectivity index (χ0v) is 13.1. The van der Waals surface area contributed by atoms with Crippen LogP contribution in [0.25, 0.3) is 0 Å². The van der Waals surface area contributed by atoms with Crippen LogP contribution in [-0.2, 0) is 9.59 Å². The standard InChI is InChI=1S/C15H24N2O3S/c18-13(9-21-11-4-6-16-7-5-11)17-8-10-2-1-3-12(10)14(17)15(19)20/h10-12,14,16H,1-9H2,(H,19,20). The van der Waals surface area contributed by atoms with Crippen molar-refractivity contribution in [2.75, 3.05) is 25.4 Å². The van der Waals surface area contributed by atoms with E-state index in [1.807, 2.05) is 0 Å². The molecule has 3 rings (SSSR count). The summed E-state index contributed by atoms with van der Waals surface area (Å²) >= 11 is 1.71. The molecule has 3 fully saturated rings. The summed E-state index contributed by atoms with van der Waals surface area (Å²) in [5.74, 6) is 0.257. The molecule has 6 heteroatoms. The second kappa shape index (κ2) is 6.57. The average molecular weight is 312 g/mol. The maximum Gasteiger partial charge on any atom is 0.326 e.